The van der Waals surface area contributed by atoms with E-state index in [-0.39, 0.29) is 5.91 Å². The van der Waals surface area contributed by atoms with Crippen molar-refractivity contribution in [3.05, 3.63) is 35.0 Å². The number of amides is 1. The molecule has 0 aliphatic heterocycles. The van der Waals surface area contributed by atoms with Crippen LogP contribution in [-0.2, 0) is 0 Å². The molecule has 3 rings (SSSR count). The highest BCUT2D eigenvalue weighted by atomic mass is 35.5. The first kappa shape index (κ1) is 15.8. The number of hydrogen-bond donors (Lipinski definition) is 2. The fraction of sp³-hybridized carbons (Fsp3) is 0.471. The molecule has 3 nitrogen and oxygen atoms in total. The highest BCUT2D eigenvalue weighted by Crippen LogP contribution is 2.27. The molecule has 1 aromatic carbocycles. The summed E-state index contributed by atoms with van der Waals surface area (Å²) in [5.41, 5.74) is 1.56. The number of aromatic amines is 1. The van der Waals surface area contributed by atoms with Gasteiger partial charge in [0.15, 0.2) is 0 Å². The van der Waals surface area contributed by atoms with E-state index in [4.69, 9.17) is 11.6 Å². The summed E-state index contributed by atoms with van der Waals surface area (Å²) in [6.45, 7) is 0. The molecule has 2 N–H and O–H groups in total. The van der Waals surface area contributed by atoms with Crippen molar-refractivity contribution in [2.24, 2.45) is 5.92 Å². The predicted octanol–water partition coefficient (Wildman–Crippen LogP) is 4.47. The standard InChI is InChI=1S/C17H21ClN2OS/c1-22-10-11-2-5-14(6-3-11)19-17(21)16-9-12-8-13(18)4-7-15(12)20-16/h4,7-9,11,14,20H,2-3,5-6,10H2,1H3,(H,19,21)/t11-,14-. The lowest BCUT2D eigenvalue weighted by molar-refractivity contribution is 0.0919. The van der Waals surface area contributed by atoms with Crippen LogP contribution in [0.15, 0.2) is 24.3 Å². The minimum Gasteiger partial charge on any atom is -0.351 e. The number of hydrogen-bond acceptors (Lipinski definition) is 2. The molecule has 0 bridgehead atoms. The highest BCUT2D eigenvalue weighted by molar-refractivity contribution is 7.98. The highest BCUT2D eigenvalue weighted by Gasteiger charge is 2.22. The number of rotatable bonds is 4. The average Bonchev–Trinajstić information content (AvgIpc) is 2.92. The van der Waals surface area contributed by atoms with Crippen molar-refractivity contribution in [3.63, 3.8) is 0 Å². The molecule has 22 heavy (non-hydrogen) atoms. The number of H-pyrrole nitrogens is 1. The molecule has 5 heteroatoms. The number of thioether (sulfide) groups is 1. The van der Waals surface area contributed by atoms with Gasteiger partial charge in [0.25, 0.3) is 5.91 Å². The molecule has 0 atom stereocenters. The fourth-order valence-electron chi connectivity index (χ4n) is 3.20. The summed E-state index contributed by atoms with van der Waals surface area (Å²) < 4.78 is 0. The molecule has 0 radical (unpaired) electrons. The van der Waals surface area contributed by atoms with Crippen molar-refractivity contribution in [1.82, 2.24) is 10.3 Å². The van der Waals surface area contributed by atoms with E-state index in [9.17, 15) is 4.79 Å². The topological polar surface area (TPSA) is 44.9 Å². The summed E-state index contributed by atoms with van der Waals surface area (Å²) in [5.74, 6) is 2.04. The van der Waals surface area contributed by atoms with Crippen LogP contribution in [-0.4, -0.2) is 28.9 Å². The zero-order valence-electron chi connectivity index (χ0n) is 12.7. The van der Waals surface area contributed by atoms with Crippen LogP contribution in [0.2, 0.25) is 5.02 Å². The van der Waals surface area contributed by atoms with Crippen molar-refractivity contribution >= 4 is 40.2 Å². The van der Waals surface area contributed by atoms with Crippen LogP contribution >= 0.6 is 23.4 Å². The van der Waals surface area contributed by atoms with Crippen molar-refractivity contribution in [2.75, 3.05) is 12.0 Å². The molecular weight excluding hydrogens is 316 g/mol. The number of carbonyl (C=O) groups excluding carboxylic acids is 1. The minimum atomic E-state index is -0.0133. The average molecular weight is 337 g/mol. The van der Waals surface area contributed by atoms with E-state index in [0.29, 0.717) is 16.8 Å². The fourth-order valence-corrected chi connectivity index (χ4v) is 4.18. The number of carbonyl (C=O) groups is 1. The third-order valence-corrected chi connectivity index (χ3v) is 5.45. The van der Waals surface area contributed by atoms with Gasteiger partial charge in [-0.05, 0) is 67.9 Å². The second-order valence-corrected chi connectivity index (χ2v) is 7.41. The first-order chi connectivity index (χ1) is 10.7. The maximum absolute atomic E-state index is 12.4. The second kappa shape index (κ2) is 6.97. The Balaban J connectivity index is 1.61. The van der Waals surface area contributed by atoms with E-state index in [1.807, 2.05) is 36.0 Å². The number of aromatic nitrogens is 1. The normalized spacial score (nSPS) is 21.9. The zero-order chi connectivity index (χ0) is 15.5. The predicted molar refractivity (Wildman–Crippen MR) is 94.9 cm³/mol. The lowest BCUT2D eigenvalue weighted by Crippen LogP contribution is -2.38. The Kier molecular flexibility index (Phi) is 4.99. The molecule has 1 aliphatic rings. The van der Waals surface area contributed by atoms with Crippen LogP contribution in [0.25, 0.3) is 10.9 Å². The van der Waals surface area contributed by atoms with Gasteiger partial charge in [-0.25, -0.2) is 0 Å². The molecule has 1 aliphatic carbocycles. The van der Waals surface area contributed by atoms with Gasteiger partial charge in [0.05, 0.1) is 0 Å². The van der Waals surface area contributed by atoms with E-state index >= 15 is 0 Å². The van der Waals surface area contributed by atoms with Crippen LogP contribution in [0.1, 0.15) is 36.2 Å². The molecule has 1 amide bonds. The Morgan fingerprint density at radius 1 is 1.32 bits per heavy atom. The Labute approximate surface area is 140 Å². The van der Waals surface area contributed by atoms with E-state index in [1.54, 1.807) is 0 Å². The van der Waals surface area contributed by atoms with Gasteiger partial charge in [0.1, 0.15) is 5.69 Å². The van der Waals surface area contributed by atoms with Gasteiger partial charge in [-0.1, -0.05) is 11.6 Å². The van der Waals surface area contributed by atoms with Crippen molar-refractivity contribution in [2.45, 2.75) is 31.7 Å². The molecule has 2 aromatic rings. The third-order valence-electron chi connectivity index (χ3n) is 4.41. The maximum atomic E-state index is 12.4. The molecule has 0 saturated heterocycles. The Hall–Kier alpha value is -1.13. The molecule has 1 fully saturated rings. The largest absolute Gasteiger partial charge is 0.351 e. The smallest absolute Gasteiger partial charge is 0.267 e. The quantitative estimate of drug-likeness (QED) is 0.865. The zero-order valence-corrected chi connectivity index (χ0v) is 14.3. The van der Waals surface area contributed by atoms with Gasteiger partial charge >= 0.3 is 0 Å². The lowest BCUT2D eigenvalue weighted by atomic mass is 9.87. The minimum absolute atomic E-state index is 0.0133. The summed E-state index contributed by atoms with van der Waals surface area (Å²) >= 11 is 7.91. The molecule has 118 valence electrons. The lowest BCUT2D eigenvalue weighted by Gasteiger charge is -2.28. The molecule has 1 heterocycles. The Morgan fingerprint density at radius 3 is 2.82 bits per heavy atom. The van der Waals surface area contributed by atoms with Crippen LogP contribution in [0.3, 0.4) is 0 Å². The van der Waals surface area contributed by atoms with Gasteiger partial charge in [-0.3, -0.25) is 4.79 Å². The Morgan fingerprint density at radius 2 is 2.09 bits per heavy atom. The summed E-state index contributed by atoms with van der Waals surface area (Å²) in [5, 5.41) is 4.82. The first-order valence-electron chi connectivity index (χ1n) is 7.74. The number of benzene rings is 1. The van der Waals surface area contributed by atoms with E-state index < -0.39 is 0 Å². The molecular formula is C17H21ClN2OS. The summed E-state index contributed by atoms with van der Waals surface area (Å²) in [7, 11) is 0. The van der Waals surface area contributed by atoms with Crippen LogP contribution in [0.5, 0.6) is 0 Å². The molecule has 1 saturated carbocycles. The number of nitrogens with one attached hydrogen (secondary N) is 2. The van der Waals surface area contributed by atoms with Crippen molar-refractivity contribution in [1.29, 1.82) is 0 Å². The summed E-state index contributed by atoms with van der Waals surface area (Å²) in [6, 6.07) is 7.78. The SMILES string of the molecule is CSC[C@H]1CC[C@H](NC(=O)c2cc3cc(Cl)ccc3[nH]2)CC1. The third kappa shape index (κ3) is 3.61. The maximum Gasteiger partial charge on any atom is 0.267 e. The van der Waals surface area contributed by atoms with Crippen molar-refractivity contribution in [3.8, 4) is 0 Å². The number of halogens is 1. The summed E-state index contributed by atoms with van der Waals surface area (Å²) in [4.78, 5) is 15.6. The molecule has 0 unspecified atom stereocenters. The van der Waals surface area contributed by atoms with Crippen molar-refractivity contribution < 1.29 is 4.79 Å². The summed E-state index contributed by atoms with van der Waals surface area (Å²) in [6.07, 6.45) is 6.77. The van der Waals surface area contributed by atoms with Gasteiger partial charge in [0, 0.05) is 22.0 Å². The first-order valence-corrected chi connectivity index (χ1v) is 9.51. The van der Waals surface area contributed by atoms with Gasteiger partial charge < -0.3 is 10.3 Å². The van der Waals surface area contributed by atoms with Crippen LogP contribution < -0.4 is 5.32 Å². The number of fused-ring (bicyclic) bond motifs is 1. The van der Waals surface area contributed by atoms with Gasteiger partial charge in [-0.15, -0.1) is 0 Å². The molecule has 0 spiro atoms. The Bertz CT molecular complexity index is 662. The van der Waals surface area contributed by atoms with Crippen LogP contribution in [0, 0.1) is 5.92 Å². The van der Waals surface area contributed by atoms with E-state index in [2.05, 4.69) is 16.6 Å². The van der Waals surface area contributed by atoms with Gasteiger partial charge in [-0.2, -0.15) is 11.8 Å². The molecule has 1 aromatic heterocycles. The van der Waals surface area contributed by atoms with E-state index in [0.717, 1.165) is 29.7 Å². The van der Waals surface area contributed by atoms with Crippen LogP contribution in [0.4, 0.5) is 0 Å². The van der Waals surface area contributed by atoms with E-state index in [1.165, 1.54) is 18.6 Å². The monoisotopic (exact) mass is 336 g/mol. The second-order valence-electron chi connectivity index (χ2n) is 6.06. The van der Waals surface area contributed by atoms with Gasteiger partial charge in [0.2, 0.25) is 0 Å².